The minimum Gasteiger partial charge on any atom is -0.351 e. The highest BCUT2D eigenvalue weighted by molar-refractivity contribution is 8.00. The highest BCUT2D eigenvalue weighted by Gasteiger charge is 2.14. The number of thioether (sulfide) groups is 1. The lowest BCUT2D eigenvalue weighted by molar-refractivity contribution is -0.118. The first-order valence-corrected chi connectivity index (χ1v) is 7.91. The van der Waals surface area contributed by atoms with Gasteiger partial charge in [-0.1, -0.05) is 12.1 Å². The second-order valence-corrected chi connectivity index (χ2v) is 6.13. The van der Waals surface area contributed by atoms with Crippen molar-refractivity contribution in [3.8, 4) is 6.07 Å². The summed E-state index contributed by atoms with van der Waals surface area (Å²) in [6.07, 6.45) is 2.29. The van der Waals surface area contributed by atoms with Gasteiger partial charge in [0.2, 0.25) is 5.91 Å². The summed E-state index contributed by atoms with van der Waals surface area (Å²) in [6, 6.07) is 9.37. The van der Waals surface area contributed by atoms with Crippen molar-refractivity contribution in [2.45, 2.75) is 24.6 Å². The van der Waals surface area contributed by atoms with Crippen LogP contribution < -0.4 is 10.6 Å². The van der Waals surface area contributed by atoms with Crippen molar-refractivity contribution in [1.29, 1.82) is 5.26 Å². The van der Waals surface area contributed by atoms with Gasteiger partial charge in [-0.05, 0) is 43.6 Å². The predicted octanol–water partition coefficient (Wildman–Crippen LogP) is 1.66. The predicted molar refractivity (Wildman–Crippen MR) is 81.4 cm³/mol. The SMILES string of the molecule is N#Cc1ccc(CNC(=O)CSC2CCNCC2)cc1. The lowest BCUT2D eigenvalue weighted by atomic mass is 10.1. The van der Waals surface area contributed by atoms with Crippen molar-refractivity contribution in [2.75, 3.05) is 18.8 Å². The molecule has 1 aromatic rings. The summed E-state index contributed by atoms with van der Waals surface area (Å²) >= 11 is 1.75. The average molecular weight is 289 g/mol. The zero-order valence-electron chi connectivity index (χ0n) is 11.4. The fourth-order valence-corrected chi connectivity index (χ4v) is 3.16. The van der Waals surface area contributed by atoms with E-state index in [9.17, 15) is 4.79 Å². The molecule has 2 rings (SSSR count). The van der Waals surface area contributed by atoms with Crippen LogP contribution in [0.5, 0.6) is 0 Å². The van der Waals surface area contributed by atoms with Gasteiger partial charge in [-0.2, -0.15) is 5.26 Å². The number of hydrogen-bond acceptors (Lipinski definition) is 4. The Morgan fingerprint density at radius 1 is 1.35 bits per heavy atom. The number of carbonyl (C=O) groups is 1. The van der Waals surface area contributed by atoms with E-state index in [0.717, 1.165) is 31.5 Å². The molecule has 0 unspecified atom stereocenters. The zero-order chi connectivity index (χ0) is 14.2. The molecule has 1 aromatic carbocycles. The van der Waals surface area contributed by atoms with Gasteiger partial charge in [0, 0.05) is 11.8 Å². The third-order valence-corrected chi connectivity index (χ3v) is 4.68. The van der Waals surface area contributed by atoms with Crippen molar-refractivity contribution in [1.82, 2.24) is 10.6 Å². The normalized spacial score (nSPS) is 15.6. The van der Waals surface area contributed by atoms with Gasteiger partial charge in [0.05, 0.1) is 17.4 Å². The van der Waals surface area contributed by atoms with Gasteiger partial charge in [0.25, 0.3) is 0 Å². The lowest BCUT2D eigenvalue weighted by Gasteiger charge is -2.21. The van der Waals surface area contributed by atoms with Gasteiger partial charge in [0.1, 0.15) is 0 Å². The standard InChI is InChI=1S/C15H19N3OS/c16-9-12-1-3-13(4-2-12)10-18-15(19)11-20-14-5-7-17-8-6-14/h1-4,14,17H,5-8,10-11H2,(H,18,19). The smallest absolute Gasteiger partial charge is 0.230 e. The van der Waals surface area contributed by atoms with Gasteiger partial charge in [-0.25, -0.2) is 0 Å². The van der Waals surface area contributed by atoms with Gasteiger partial charge in [-0.15, -0.1) is 11.8 Å². The molecular formula is C15H19N3OS. The van der Waals surface area contributed by atoms with E-state index in [1.807, 2.05) is 12.1 Å². The maximum atomic E-state index is 11.8. The molecule has 2 N–H and O–H groups in total. The summed E-state index contributed by atoms with van der Waals surface area (Å²) in [6.45, 7) is 2.65. The van der Waals surface area contributed by atoms with E-state index < -0.39 is 0 Å². The first-order valence-electron chi connectivity index (χ1n) is 6.86. The van der Waals surface area contributed by atoms with E-state index in [1.165, 1.54) is 0 Å². The van der Waals surface area contributed by atoms with E-state index >= 15 is 0 Å². The van der Waals surface area contributed by atoms with Crippen LogP contribution in [0.4, 0.5) is 0 Å². The molecule has 1 heterocycles. The fraction of sp³-hybridized carbons (Fsp3) is 0.467. The van der Waals surface area contributed by atoms with Crippen LogP contribution in [0, 0.1) is 11.3 Å². The number of amides is 1. The Labute approximate surface area is 123 Å². The molecule has 0 radical (unpaired) electrons. The van der Waals surface area contributed by atoms with Crippen molar-refractivity contribution in [3.05, 3.63) is 35.4 Å². The monoisotopic (exact) mass is 289 g/mol. The molecule has 4 nitrogen and oxygen atoms in total. The highest BCUT2D eigenvalue weighted by Crippen LogP contribution is 2.19. The molecule has 0 aliphatic carbocycles. The van der Waals surface area contributed by atoms with Gasteiger partial charge in [0.15, 0.2) is 0 Å². The van der Waals surface area contributed by atoms with Crippen LogP contribution in [-0.2, 0) is 11.3 Å². The van der Waals surface area contributed by atoms with Crippen molar-refractivity contribution < 1.29 is 4.79 Å². The number of hydrogen-bond donors (Lipinski definition) is 2. The quantitative estimate of drug-likeness (QED) is 0.865. The number of benzene rings is 1. The maximum Gasteiger partial charge on any atom is 0.230 e. The Balaban J connectivity index is 1.67. The van der Waals surface area contributed by atoms with Gasteiger partial charge < -0.3 is 10.6 Å². The molecule has 1 aliphatic heterocycles. The zero-order valence-corrected chi connectivity index (χ0v) is 12.2. The van der Waals surface area contributed by atoms with E-state index in [4.69, 9.17) is 5.26 Å². The summed E-state index contributed by atoms with van der Waals surface area (Å²) < 4.78 is 0. The first kappa shape index (κ1) is 14.9. The van der Waals surface area contributed by atoms with E-state index in [0.29, 0.717) is 23.1 Å². The third-order valence-electron chi connectivity index (χ3n) is 3.31. The highest BCUT2D eigenvalue weighted by atomic mass is 32.2. The Kier molecular flexibility index (Phi) is 5.90. The number of nitrogens with one attached hydrogen (secondary N) is 2. The molecule has 0 atom stereocenters. The molecule has 5 heteroatoms. The van der Waals surface area contributed by atoms with Gasteiger partial charge >= 0.3 is 0 Å². The van der Waals surface area contributed by atoms with Crippen molar-refractivity contribution in [3.63, 3.8) is 0 Å². The number of piperidine rings is 1. The molecule has 1 amide bonds. The minimum absolute atomic E-state index is 0.0814. The Morgan fingerprint density at radius 2 is 2.05 bits per heavy atom. The molecule has 0 saturated carbocycles. The maximum absolute atomic E-state index is 11.8. The number of nitriles is 1. The van der Waals surface area contributed by atoms with E-state index in [2.05, 4.69) is 16.7 Å². The van der Waals surface area contributed by atoms with Crippen LogP contribution in [-0.4, -0.2) is 30.0 Å². The van der Waals surface area contributed by atoms with Crippen LogP contribution in [0.15, 0.2) is 24.3 Å². The van der Waals surface area contributed by atoms with Crippen molar-refractivity contribution in [2.24, 2.45) is 0 Å². The van der Waals surface area contributed by atoms with Crippen LogP contribution in [0.2, 0.25) is 0 Å². The van der Waals surface area contributed by atoms with Crippen LogP contribution in [0.25, 0.3) is 0 Å². The largest absolute Gasteiger partial charge is 0.351 e. The second-order valence-electron chi connectivity index (χ2n) is 4.85. The summed E-state index contributed by atoms with van der Waals surface area (Å²) in [7, 11) is 0. The summed E-state index contributed by atoms with van der Waals surface area (Å²) in [5.74, 6) is 0.610. The summed E-state index contributed by atoms with van der Waals surface area (Å²) in [5.41, 5.74) is 1.66. The second kappa shape index (κ2) is 7.93. The van der Waals surface area contributed by atoms with Crippen molar-refractivity contribution >= 4 is 17.7 Å². The Bertz CT molecular complexity index is 475. The molecular weight excluding hydrogens is 270 g/mol. The minimum atomic E-state index is 0.0814. The summed E-state index contributed by atoms with van der Waals surface area (Å²) in [4.78, 5) is 11.8. The van der Waals surface area contributed by atoms with E-state index in [1.54, 1.807) is 23.9 Å². The molecule has 1 saturated heterocycles. The van der Waals surface area contributed by atoms with Crippen LogP contribution in [0.1, 0.15) is 24.0 Å². The van der Waals surface area contributed by atoms with Crippen LogP contribution >= 0.6 is 11.8 Å². The topological polar surface area (TPSA) is 64.9 Å². The molecule has 0 aromatic heterocycles. The molecule has 106 valence electrons. The Morgan fingerprint density at radius 3 is 2.70 bits per heavy atom. The first-order chi connectivity index (χ1) is 9.78. The third kappa shape index (κ3) is 4.87. The number of carbonyl (C=O) groups excluding carboxylic acids is 1. The number of rotatable bonds is 5. The average Bonchev–Trinajstić information content (AvgIpc) is 2.52. The molecule has 1 fully saturated rings. The fourth-order valence-electron chi connectivity index (χ4n) is 2.10. The lowest BCUT2D eigenvalue weighted by Crippen LogP contribution is -2.31. The summed E-state index contributed by atoms with van der Waals surface area (Å²) in [5, 5.41) is 15.6. The molecule has 1 aliphatic rings. The Hall–Kier alpha value is -1.51. The number of nitrogens with zero attached hydrogens (tertiary/aromatic N) is 1. The molecule has 0 bridgehead atoms. The molecule has 0 spiro atoms. The van der Waals surface area contributed by atoms with Gasteiger partial charge in [-0.3, -0.25) is 4.79 Å². The van der Waals surface area contributed by atoms with Crippen LogP contribution in [0.3, 0.4) is 0 Å². The van der Waals surface area contributed by atoms with E-state index in [-0.39, 0.29) is 5.91 Å². The molecule has 20 heavy (non-hydrogen) atoms.